The molecule has 1 heterocycles. The van der Waals surface area contributed by atoms with Crippen LogP contribution in [0.3, 0.4) is 0 Å². The summed E-state index contributed by atoms with van der Waals surface area (Å²) >= 11 is 0. The van der Waals surface area contributed by atoms with Gasteiger partial charge in [0.15, 0.2) is 0 Å². The summed E-state index contributed by atoms with van der Waals surface area (Å²) in [6, 6.07) is 1.90. The fourth-order valence-corrected chi connectivity index (χ4v) is 1.92. The highest BCUT2D eigenvalue weighted by molar-refractivity contribution is 5.76. The number of anilines is 2. The molecule has 0 atom stereocenters. The summed E-state index contributed by atoms with van der Waals surface area (Å²) in [6.07, 6.45) is 3.09. The van der Waals surface area contributed by atoms with Gasteiger partial charge in [-0.05, 0) is 25.7 Å². The Labute approximate surface area is 120 Å². The highest BCUT2D eigenvalue weighted by Gasteiger charge is 2.23. The van der Waals surface area contributed by atoms with Gasteiger partial charge in [-0.15, -0.1) is 0 Å². The van der Waals surface area contributed by atoms with Gasteiger partial charge in [-0.2, -0.15) is 0 Å². The van der Waals surface area contributed by atoms with Crippen LogP contribution < -0.4 is 15.5 Å². The van der Waals surface area contributed by atoms with Gasteiger partial charge in [0.25, 0.3) is 0 Å². The zero-order valence-corrected chi connectivity index (χ0v) is 12.4. The van der Waals surface area contributed by atoms with E-state index in [0.29, 0.717) is 25.4 Å². The first-order valence-electron chi connectivity index (χ1n) is 7.08. The van der Waals surface area contributed by atoms with Gasteiger partial charge in [0, 0.05) is 39.7 Å². The SMILES string of the molecule is Cc1nc(NCCNC(=O)CC2CC2)cc(N(C)C)n1. The summed E-state index contributed by atoms with van der Waals surface area (Å²) in [7, 11) is 3.90. The second-order valence-corrected chi connectivity index (χ2v) is 5.48. The fourth-order valence-electron chi connectivity index (χ4n) is 1.92. The minimum absolute atomic E-state index is 0.155. The Hall–Kier alpha value is -1.85. The first-order chi connectivity index (χ1) is 9.54. The molecule has 1 fully saturated rings. The maximum absolute atomic E-state index is 11.5. The highest BCUT2D eigenvalue weighted by atomic mass is 16.1. The van der Waals surface area contributed by atoms with Crippen molar-refractivity contribution in [3.05, 3.63) is 11.9 Å². The molecule has 1 amide bonds. The molecule has 1 aromatic rings. The second-order valence-electron chi connectivity index (χ2n) is 5.48. The van der Waals surface area contributed by atoms with Gasteiger partial charge in [0.2, 0.25) is 5.91 Å². The molecular formula is C14H23N5O. The van der Waals surface area contributed by atoms with Crippen molar-refractivity contribution in [2.75, 3.05) is 37.4 Å². The second kappa shape index (κ2) is 6.54. The van der Waals surface area contributed by atoms with Crippen molar-refractivity contribution < 1.29 is 4.79 Å². The summed E-state index contributed by atoms with van der Waals surface area (Å²) in [5.74, 6) is 3.18. The van der Waals surface area contributed by atoms with Crippen molar-refractivity contribution in [1.29, 1.82) is 0 Å². The minimum Gasteiger partial charge on any atom is -0.368 e. The summed E-state index contributed by atoms with van der Waals surface area (Å²) in [5.41, 5.74) is 0. The predicted octanol–water partition coefficient (Wildman–Crippen LogP) is 1.18. The molecule has 0 spiro atoms. The van der Waals surface area contributed by atoms with Gasteiger partial charge in [0.05, 0.1) is 0 Å². The number of nitrogens with one attached hydrogen (secondary N) is 2. The Balaban J connectivity index is 1.74. The number of amides is 1. The fraction of sp³-hybridized carbons (Fsp3) is 0.643. The van der Waals surface area contributed by atoms with Gasteiger partial charge in [0.1, 0.15) is 17.5 Å². The third-order valence-corrected chi connectivity index (χ3v) is 3.21. The molecule has 6 heteroatoms. The first kappa shape index (κ1) is 14.6. The van der Waals surface area contributed by atoms with Crippen molar-refractivity contribution in [3.63, 3.8) is 0 Å². The first-order valence-corrected chi connectivity index (χ1v) is 7.08. The molecule has 0 saturated heterocycles. The summed E-state index contributed by atoms with van der Waals surface area (Å²) < 4.78 is 0. The Morgan fingerprint density at radius 2 is 2.10 bits per heavy atom. The number of carbonyl (C=O) groups excluding carboxylic acids is 1. The average molecular weight is 277 g/mol. The quantitative estimate of drug-likeness (QED) is 0.732. The molecule has 110 valence electrons. The number of carbonyl (C=O) groups is 1. The lowest BCUT2D eigenvalue weighted by molar-refractivity contribution is -0.121. The van der Waals surface area contributed by atoms with E-state index in [1.807, 2.05) is 32.0 Å². The Morgan fingerprint density at radius 1 is 1.35 bits per heavy atom. The number of hydrogen-bond donors (Lipinski definition) is 2. The summed E-state index contributed by atoms with van der Waals surface area (Å²) in [5, 5.41) is 6.13. The van der Waals surface area contributed by atoms with Crippen LogP contribution in [0.15, 0.2) is 6.07 Å². The third-order valence-electron chi connectivity index (χ3n) is 3.21. The standard InChI is InChI=1S/C14H23N5O/c1-10-17-12(9-13(18-10)19(2)3)15-6-7-16-14(20)8-11-4-5-11/h9,11H,4-8H2,1-3H3,(H,16,20)(H,15,17,18). The van der Waals surface area contributed by atoms with Crippen molar-refractivity contribution >= 4 is 17.5 Å². The van der Waals surface area contributed by atoms with E-state index < -0.39 is 0 Å². The van der Waals surface area contributed by atoms with Crippen LogP contribution in [0.4, 0.5) is 11.6 Å². The van der Waals surface area contributed by atoms with Crippen LogP contribution >= 0.6 is 0 Å². The van der Waals surface area contributed by atoms with E-state index in [0.717, 1.165) is 17.5 Å². The van der Waals surface area contributed by atoms with Crippen LogP contribution in [0.25, 0.3) is 0 Å². The molecule has 20 heavy (non-hydrogen) atoms. The molecule has 1 aliphatic rings. The molecule has 1 aliphatic carbocycles. The van der Waals surface area contributed by atoms with Crippen LogP contribution in [0, 0.1) is 12.8 Å². The van der Waals surface area contributed by atoms with Crippen molar-refractivity contribution in [3.8, 4) is 0 Å². The van der Waals surface area contributed by atoms with Crippen LogP contribution in [0.1, 0.15) is 25.1 Å². The van der Waals surface area contributed by atoms with E-state index in [4.69, 9.17) is 0 Å². The predicted molar refractivity (Wildman–Crippen MR) is 79.9 cm³/mol. The normalized spacial score (nSPS) is 13.9. The van der Waals surface area contributed by atoms with Gasteiger partial charge >= 0.3 is 0 Å². The van der Waals surface area contributed by atoms with Crippen molar-refractivity contribution in [2.45, 2.75) is 26.2 Å². The zero-order chi connectivity index (χ0) is 14.5. The Kier molecular flexibility index (Phi) is 4.76. The zero-order valence-electron chi connectivity index (χ0n) is 12.4. The molecule has 0 aliphatic heterocycles. The maximum Gasteiger partial charge on any atom is 0.220 e. The Bertz CT molecular complexity index is 471. The molecule has 0 radical (unpaired) electrons. The van der Waals surface area contributed by atoms with Gasteiger partial charge in [-0.1, -0.05) is 0 Å². The molecule has 0 bridgehead atoms. The monoisotopic (exact) mass is 277 g/mol. The Morgan fingerprint density at radius 3 is 2.75 bits per heavy atom. The lowest BCUT2D eigenvalue weighted by atomic mass is 10.3. The van der Waals surface area contributed by atoms with E-state index >= 15 is 0 Å². The topological polar surface area (TPSA) is 70.2 Å². The smallest absolute Gasteiger partial charge is 0.220 e. The van der Waals surface area contributed by atoms with Gasteiger partial charge in [-0.3, -0.25) is 4.79 Å². The van der Waals surface area contributed by atoms with E-state index in [1.54, 1.807) is 0 Å². The van der Waals surface area contributed by atoms with E-state index in [9.17, 15) is 4.79 Å². The van der Waals surface area contributed by atoms with E-state index in [1.165, 1.54) is 12.8 Å². The minimum atomic E-state index is 0.155. The van der Waals surface area contributed by atoms with Crippen LogP contribution in [0.2, 0.25) is 0 Å². The average Bonchev–Trinajstić information content (AvgIpc) is 3.18. The number of rotatable bonds is 7. The highest BCUT2D eigenvalue weighted by Crippen LogP contribution is 2.31. The van der Waals surface area contributed by atoms with Crippen LogP contribution in [-0.4, -0.2) is 43.1 Å². The number of aryl methyl sites for hydroxylation is 1. The van der Waals surface area contributed by atoms with Crippen molar-refractivity contribution in [1.82, 2.24) is 15.3 Å². The van der Waals surface area contributed by atoms with Crippen LogP contribution in [0.5, 0.6) is 0 Å². The number of aromatic nitrogens is 2. The lowest BCUT2D eigenvalue weighted by Crippen LogP contribution is -2.29. The van der Waals surface area contributed by atoms with Crippen LogP contribution in [-0.2, 0) is 4.79 Å². The number of nitrogens with zero attached hydrogens (tertiary/aromatic N) is 3. The summed E-state index contributed by atoms with van der Waals surface area (Å²) in [6.45, 7) is 3.15. The van der Waals surface area contributed by atoms with Gasteiger partial charge < -0.3 is 15.5 Å². The van der Waals surface area contributed by atoms with Crippen molar-refractivity contribution in [2.24, 2.45) is 5.92 Å². The molecule has 1 saturated carbocycles. The van der Waals surface area contributed by atoms with Gasteiger partial charge in [-0.25, -0.2) is 9.97 Å². The van der Waals surface area contributed by atoms with E-state index in [2.05, 4.69) is 20.6 Å². The molecule has 2 rings (SSSR count). The molecule has 1 aromatic heterocycles. The summed E-state index contributed by atoms with van der Waals surface area (Å²) in [4.78, 5) is 22.1. The maximum atomic E-state index is 11.5. The largest absolute Gasteiger partial charge is 0.368 e. The molecule has 6 nitrogen and oxygen atoms in total. The van der Waals surface area contributed by atoms with E-state index in [-0.39, 0.29) is 5.91 Å². The molecule has 0 aromatic carbocycles. The number of hydrogen-bond acceptors (Lipinski definition) is 5. The lowest BCUT2D eigenvalue weighted by Gasteiger charge is -2.14. The molecule has 2 N–H and O–H groups in total. The molecular weight excluding hydrogens is 254 g/mol. The molecule has 0 unspecified atom stereocenters. The third kappa shape index (κ3) is 4.68.